The molecule has 2 aromatic rings. The van der Waals surface area contributed by atoms with Crippen molar-refractivity contribution in [2.24, 2.45) is 0 Å². The lowest BCUT2D eigenvalue weighted by Gasteiger charge is -2.25. The van der Waals surface area contributed by atoms with Crippen molar-refractivity contribution in [2.75, 3.05) is 4.31 Å². The molecule has 0 bridgehead atoms. The Morgan fingerprint density at radius 3 is 2.20 bits per heavy atom. The minimum Gasteiger partial charge on any atom is -0.263 e. The van der Waals surface area contributed by atoms with Gasteiger partial charge in [-0.3, -0.25) is 4.31 Å². The zero-order chi connectivity index (χ0) is 14.3. The van der Waals surface area contributed by atoms with E-state index >= 15 is 0 Å². The molecule has 2 atom stereocenters. The molecule has 0 spiro atoms. The molecule has 104 valence electrons. The topological polar surface area (TPSA) is 37.4 Å². The van der Waals surface area contributed by atoms with Gasteiger partial charge in [0.05, 0.1) is 10.6 Å². The quantitative estimate of drug-likeness (QED) is 0.849. The summed E-state index contributed by atoms with van der Waals surface area (Å²) < 4.78 is 27.3. The third-order valence-electron chi connectivity index (χ3n) is 4.06. The van der Waals surface area contributed by atoms with Crippen LogP contribution in [-0.4, -0.2) is 14.5 Å². The van der Waals surface area contributed by atoms with E-state index < -0.39 is 10.0 Å². The summed E-state index contributed by atoms with van der Waals surface area (Å²) in [6, 6.07) is 16.3. The number of benzene rings is 2. The minimum atomic E-state index is -3.50. The van der Waals surface area contributed by atoms with Crippen LogP contribution in [0, 0.1) is 0 Å². The van der Waals surface area contributed by atoms with Gasteiger partial charge in [0.25, 0.3) is 10.0 Å². The lowest BCUT2D eigenvalue weighted by Crippen LogP contribution is -2.36. The van der Waals surface area contributed by atoms with E-state index in [1.165, 1.54) is 0 Å². The van der Waals surface area contributed by atoms with Crippen LogP contribution in [-0.2, 0) is 10.0 Å². The normalized spacial score (nSPS) is 21.8. The van der Waals surface area contributed by atoms with E-state index in [0.717, 1.165) is 11.3 Å². The Morgan fingerprint density at radius 2 is 1.50 bits per heavy atom. The summed E-state index contributed by atoms with van der Waals surface area (Å²) in [5.74, 6) is 0.199. The van der Waals surface area contributed by atoms with Gasteiger partial charge in [-0.05, 0) is 30.7 Å². The summed E-state index contributed by atoms with van der Waals surface area (Å²) in [5.41, 5.74) is 1.90. The first kappa shape index (κ1) is 13.2. The fourth-order valence-corrected chi connectivity index (χ4v) is 4.58. The number of nitrogens with zero attached hydrogens (tertiary/aromatic N) is 1. The summed E-state index contributed by atoms with van der Waals surface area (Å²) in [6.45, 7) is 4.04. The zero-order valence-corrected chi connectivity index (χ0v) is 12.3. The second-order valence-corrected chi connectivity index (χ2v) is 7.02. The smallest absolute Gasteiger partial charge is 0.263 e. The molecular weight excluding hydrogens is 270 g/mol. The molecule has 0 fully saturated rings. The van der Waals surface area contributed by atoms with Crippen molar-refractivity contribution in [3.05, 3.63) is 60.2 Å². The molecule has 0 aromatic heterocycles. The molecule has 3 nitrogen and oxygen atoms in total. The van der Waals surface area contributed by atoms with Crippen LogP contribution >= 0.6 is 0 Å². The molecule has 0 unspecified atom stereocenters. The third kappa shape index (κ3) is 1.83. The third-order valence-corrected chi connectivity index (χ3v) is 5.97. The van der Waals surface area contributed by atoms with Crippen LogP contribution in [0.4, 0.5) is 5.69 Å². The maximum atomic E-state index is 12.9. The van der Waals surface area contributed by atoms with Gasteiger partial charge < -0.3 is 0 Å². The molecule has 20 heavy (non-hydrogen) atoms. The fourth-order valence-electron chi connectivity index (χ4n) is 2.81. The van der Waals surface area contributed by atoms with E-state index in [-0.39, 0.29) is 12.0 Å². The van der Waals surface area contributed by atoms with Gasteiger partial charge in [-0.15, -0.1) is 0 Å². The molecule has 4 heteroatoms. The first-order chi connectivity index (χ1) is 9.53. The number of anilines is 1. The van der Waals surface area contributed by atoms with Crippen LogP contribution in [0.1, 0.15) is 25.3 Å². The van der Waals surface area contributed by atoms with Crippen molar-refractivity contribution in [1.82, 2.24) is 0 Å². The lowest BCUT2D eigenvalue weighted by molar-refractivity contribution is 0.573. The predicted octanol–water partition coefficient (Wildman–Crippen LogP) is 3.39. The van der Waals surface area contributed by atoms with Crippen molar-refractivity contribution in [3.63, 3.8) is 0 Å². The second kappa shape index (κ2) is 4.63. The number of hydrogen-bond acceptors (Lipinski definition) is 2. The van der Waals surface area contributed by atoms with Crippen molar-refractivity contribution in [3.8, 4) is 0 Å². The highest BCUT2D eigenvalue weighted by molar-refractivity contribution is 7.92. The number of hydrogen-bond donors (Lipinski definition) is 0. The molecule has 1 aliphatic rings. The van der Waals surface area contributed by atoms with E-state index in [1.807, 2.05) is 37.3 Å². The van der Waals surface area contributed by atoms with Gasteiger partial charge in [0.15, 0.2) is 0 Å². The maximum absolute atomic E-state index is 12.9. The lowest BCUT2D eigenvalue weighted by atomic mass is 9.99. The largest absolute Gasteiger partial charge is 0.264 e. The van der Waals surface area contributed by atoms with Crippen LogP contribution in [0.15, 0.2) is 59.5 Å². The first-order valence-electron chi connectivity index (χ1n) is 6.72. The van der Waals surface area contributed by atoms with Crippen molar-refractivity contribution in [2.45, 2.75) is 30.7 Å². The Hall–Kier alpha value is -1.81. The summed E-state index contributed by atoms with van der Waals surface area (Å²) in [4.78, 5) is 0.343. The standard InChI is InChI=1S/C16H17NO2S/c1-12-13(2)17(16-11-7-6-10-15(12)16)20(18,19)14-8-4-3-5-9-14/h3-13H,1-2H3/t12-,13+/m0/s1. The van der Waals surface area contributed by atoms with E-state index in [1.54, 1.807) is 28.6 Å². The Kier molecular flexibility index (Phi) is 3.05. The Bertz CT molecular complexity index is 725. The molecule has 0 N–H and O–H groups in total. The van der Waals surface area contributed by atoms with Crippen LogP contribution in [0.5, 0.6) is 0 Å². The maximum Gasteiger partial charge on any atom is 0.264 e. The highest BCUT2D eigenvalue weighted by Crippen LogP contribution is 2.43. The highest BCUT2D eigenvalue weighted by Gasteiger charge is 2.39. The van der Waals surface area contributed by atoms with Crippen LogP contribution < -0.4 is 4.31 Å². The Balaban J connectivity index is 2.16. The Labute approximate surface area is 119 Å². The second-order valence-electron chi connectivity index (χ2n) is 5.20. The molecule has 1 heterocycles. The summed E-state index contributed by atoms with van der Waals surface area (Å²) >= 11 is 0. The summed E-state index contributed by atoms with van der Waals surface area (Å²) in [5, 5.41) is 0. The van der Waals surface area contributed by atoms with Crippen molar-refractivity contribution in [1.29, 1.82) is 0 Å². The molecule has 3 rings (SSSR count). The number of rotatable bonds is 2. The van der Waals surface area contributed by atoms with E-state index in [4.69, 9.17) is 0 Å². The molecule has 0 amide bonds. The number of para-hydroxylation sites is 1. The first-order valence-corrected chi connectivity index (χ1v) is 8.16. The van der Waals surface area contributed by atoms with Crippen molar-refractivity contribution < 1.29 is 8.42 Å². The molecule has 2 aromatic carbocycles. The Morgan fingerprint density at radius 1 is 0.900 bits per heavy atom. The van der Waals surface area contributed by atoms with Crippen molar-refractivity contribution >= 4 is 15.7 Å². The highest BCUT2D eigenvalue weighted by atomic mass is 32.2. The predicted molar refractivity (Wildman–Crippen MR) is 80.4 cm³/mol. The average molecular weight is 287 g/mol. The van der Waals surface area contributed by atoms with Crippen LogP contribution in [0.25, 0.3) is 0 Å². The fraction of sp³-hybridized carbons (Fsp3) is 0.250. The molecule has 1 aliphatic heterocycles. The van der Waals surface area contributed by atoms with Gasteiger partial charge in [-0.25, -0.2) is 8.42 Å². The molecule has 0 saturated carbocycles. The van der Waals surface area contributed by atoms with Gasteiger partial charge in [-0.1, -0.05) is 43.3 Å². The van der Waals surface area contributed by atoms with Gasteiger partial charge in [0.1, 0.15) is 0 Å². The van der Waals surface area contributed by atoms with Gasteiger partial charge in [-0.2, -0.15) is 0 Å². The summed E-state index contributed by atoms with van der Waals surface area (Å²) in [7, 11) is -3.50. The van der Waals surface area contributed by atoms with Gasteiger partial charge >= 0.3 is 0 Å². The molecule has 0 radical (unpaired) electrons. The van der Waals surface area contributed by atoms with Crippen LogP contribution in [0.3, 0.4) is 0 Å². The van der Waals surface area contributed by atoms with Crippen LogP contribution in [0.2, 0.25) is 0 Å². The summed E-state index contributed by atoms with van der Waals surface area (Å²) in [6.07, 6.45) is 0. The minimum absolute atomic E-state index is 0.0717. The SMILES string of the molecule is C[C@@H]1c2ccccc2N(S(=O)(=O)c2ccccc2)[C@@H]1C. The monoisotopic (exact) mass is 287 g/mol. The number of fused-ring (bicyclic) bond motifs is 1. The van der Waals surface area contributed by atoms with Gasteiger partial charge in [0.2, 0.25) is 0 Å². The molecule has 0 saturated heterocycles. The number of sulfonamides is 1. The van der Waals surface area contributed by atoms with Gasteiger partial charge in [0, 0.05) is 12.0 Å². The molecular formula is C16H17NO2S. The van der Waals surface area contributed by atoms with E-state index in [9.17, 15) is 8.42 Å². The molecule has 0 aliphatic carbocycles. The zero-order valence-electron chi connectivity index (χ0n) is 11.5. The van der Waals surface area contributed by atoms with E-state index in [2.05, 4.69) is 6.92 Å². The average Bonchev–Trinajstić information content (AvgIpc) is 2.73. The van der Waals surface area contributed by atoms with E-state index in [0.29, 0.717) is 4.90 Å².